The topological polar surface area (TPSA) is 81.4 Å². The zero-order valence-corrected chi connectivity index (χ0v) is 11.1. The standard InChI is InChI=1S/C14H18N2O3/c1-4-6-11(15)13(17)16-12-8-5-7-10(9(12)2)14(18)19-3/h4-5,7-8,11H,1,6,15H2,2-3H3,(H,16,17). The van der Waals surface area contributed by atoms with Crippen LogP contribution in [0.5, 0.6) is 0 Å². The van der Waals surface area contributed by atoms with Crippen LogP contribution in [0.1, 0.15) is 22.3 Å². The number of carbonyl (C=O) groups excluding carboxylic acids is 2. The number of hydrogen-bond donors (Lipinski definition) is 2. The van der Waals surface area contributed by atoms with Crippen molar-refractivity contribution in [1.29, 1.82) is 0 Å². The summed E-state index contributed by atoms with van der Waals surface area (Å²) in [5.41, 5.74) is 7.28. The minimum atomic E-state index is -0.654. The molecule has 0 saturated carbocycles. The number of anilines is 1. The molecule has 5 heteroatoms. The molecule has 1 unspecified atom stereocenters. The molecule has 5 nitrogen and oxygen atoms in total. The second-order valence-corrected chi connectivity index (χ2v) is 4.09. The summed E-state index contributed by atoms with van der Waals surface area (Å²) >= 11 is 0. The van der Waals surface area contributed by atoms with E-state index in [1.807, 2.05) is 0 Å². The zero-order valence-electron chi connectivity index (χ0n) is 11.1. The molecule has 0 aliphatic rings. The average molecular weight is 262 g/mol. The summed E-state index contributed by atoms with van der Waals surface area (Å²) in [6.07, 6.45) is 1.98. The average Bonchev–Trinajstić information content (AvgIpc) is 2.40. The van der Waals surface area contributed by atoms with Crippen LogP contribution in [0.25, 0.3) is 0 Å². The van der Waals surface area contributed by atoms with Gasteiger partial charge in [0.05, 0.1) is 18.7 Å². The van der Waals surface area contributed by atoms with Crippen LogP contribution in [0, 0.1) is 6.92 Å². The van der Waals surface area contributed by atoms with Gasteiger partial charge in [0.1, 0.15) is 0 Å². The molecule has 0 spiro atoms. The van der Waals surface area contributed by atoms with Crippen LogP contribution in [-0.2, 0) is 9.53 Å². The monoisotopic (exact) mass is 262 g/mol. The highest BCUT2D eigenvalue weighted by Crippen LogP contribution is 2.19. The van der Waals surface area contributed by atoms with Crippen molar-refractivity contribution in [3.05, 3.63) is 42.0 Å². The Labute approximate surface area is 112 Å². The SMILES string of the molecule is C=CCC(N)C(=O)Nc1cccc(C(=O)OC)c1C. The molecule has 1 aromatic rings. The minimum absolute atomic E-state index is 0.315. The number of nitrogens with one attached hydrogen (secondary N) is 1. The van der Waals surface area contributed by atoms with E-state index < -0.39 is 12.0 Å². The van der Waals surface area contributed by atoms with E-state index in [0.29, 0.717) is 23.2 Å². The molecule has 1 amide bonds. The number of methoxy groups -OCH3 is 1. The molecule has 1 atom stereocenters. The van der Waals surface area contributed by atoms with Crippen molar-refractivity contribution in [2.75, 3.05) is 12.4 Å². The van der Waals surface area contributed by atoms with Crippen molar-refractivity contribution in [3.8, 4) is 0 Å². The van der Waals surface area contributed by atoms with Crippen molar-refractivity contribution in [2.45, 2.75) is 19.4 Å². The second kappa shape index (κ2) is 6.70. The van der Waals surface area contributed by atoms with Gasteiger partial charge in [-0.25, -0.2) is 4.79 Å². The van der Waals surface area contributed by atoms with Gasteiger partial charge in [-0.15, -0.1) is 6.58 Å². The Hall–Kier alpha value is -2.14. The fraction of sp³-hybridized carbons (Fsp3) is 0.286. The predicted molar refractivity (Wildman–Crippen MR) is 73.9 cm³/mol. The van der Waals surface area contributed by atoms with E-state index >= 15 is 0 Å². The normalized spacial score (nSPS) is 11.5. The molecule has 0 radical (unpaired) electrons. The number of ether oxygens (including phenoxy) is 1. The fourth-order valence-electron chi connectivity index (χ4n) is 1.61. The molecular weight excluding hydrogens is 244 g/mol. The summed E-state index contributed by atoms with van der Waals surface area (Å²) in [5, 5.41) is 2.69. The van der Waals surface area contributed by atoms with Gasteiger partial charge in [-0.1, -0.05) is 12.1 Å². The Kier molecular flexibility index (Phi) is 5.26. The molecule has 19 heavy (non-hydrogen) atoms. The number of nitrogens with two attached hydrogens (primary N) is 1. The highest BCUT2D eigenvalue weighted by atomic mass is 16.5. The number of carbonyl (C=O) groups is 2. The molecule has 3 N–H and O–H groups in total. The first-order valence-electron chi connectivity index (χ1n) is 5.86. The number of amides is 1. The summed E-state index contributed by atoms with van der Waals surface area (Å²) in [6, 6.07) is 4.37. The van der Waals surface area contributed by atoms with Gasteiger partial charge in [0.15, 0.2) is 0 Å². The number of hydrogen-bond acceptors (Lipinski definition) is 4. The molecule has 0 saturated heterocycles. The molecule has 0 fully saturated rings. The van der Waals surface area contributed by atoms with Crippen molar-refractivity contribution >= 4 is 17.6 Å². The Morgan fingerprint density at radius 2 is 2.21 bits per heavy atom. The van der Waals surface area contributed by atoms with Gasteiger partial charge < -0.3 is 15.8 Å². The maximum absolute atomic E-state index is 11.8. The molecule has 0 heterocycles. The van der Waals surface area contributed by atoms with Crippen molar-refractivity contribution in [3.63, 3.8) is 0 Å². The van der Waals surface area contributed by atoms with E-state index in [0.717, 1.165) is 0 Å². The van der Waals surface area contributed by atoms with Crippen LogP contribution in [-0.4, -0.2) is 25.0 Å². The molecule has 0 aliphatic heterocycles. The Morgan fingerprint density at radius 1 is 1.53 bits per heavy atom. The van der Waals surface area contributed by atoms with Crippen LogP contribution >= 0.6 is 0 Å². The summed E-state index contributed by atoms with van der Waals surface area (Å²) in [6.45, 7) is 5.27. The summed E-state index contributed by atoms with van der Waals surface area (Å²) < 4.78 is 4.67. The van der Waals surface area contributed by atoms with Gasteiger partial charge in [0.2, 0.25) is 5.91 Å². The van der Waals surface area contributed by atoms with E-state index in [2.05, 4.69) is 16.6 Å². The molecular formula is C14H18N2O3. The highest BCUT2D eigenvalue weighted by Gasteiger charge is 2.16. The van der Waals surface area contributed by atoms with E-state index in [9.17, 15) is 9.59 Å². The number of rotatable bonds is 5. The third-order valence-electron chi connectivity index (χ3n) is 2.75. The van der Waals surface area contributed by atoms with Gasteiger partial charge >= 0.3 is 5.97 Å². The van der Waals surface area contributed by atoms with Crippen LogP contribution in [0.3, 0.4) is 0 Å². The van der Waals surface area contributed by atoms with Crippen LogP contribution in [0.15, 0.2) is 30.9 Å². The lowest BCUT2D eigenvalue weighted by Gasteiger charge is -2.14. The second-order valence-electron chi connectivity index (χ2n) is 4.09. The van der Waals surface area contributed by atoms with Crippen LogP contribution in [0.2, 0.25) is 0 Å². The van der Waals surface area contributed by atoms with Crippen molar-refractivity contribution < 1.29 is 14.3 Å². The largest absolute Gasteiger partial charge is 0.465 e. The third-order valence-corrected chi connectivity index (χ3v) is 2.75. The van der Waals surface area contributed by atoms with Crippen LogP contribution in [0.4, 0.5) is 5.69 Å². The van der Waals surface area contributed by atoms with Gasteiger partial charge in [0.25, 0.3) is 0 Å². The summed E-state index contributed by atoms with van der Waals surface area (Å²) in [7, 11) is 1.31. The molecule has 102 valence electrons. The maximum atomic E-state index is 11.8. The molecule has 0 aromatic heterocycles. The Balaban J connectivity index is 2.93. The van der Waals surface area contributed by atoms with E-state index in [1.165, 1.54) is 7.11 Å². The number of esters is 1. The molecule has 1 aromatic carbocycles. The van der Waals surface area contributed by atoms with Gasteiger partial charge in [0, 0.05) is 5.69 Å². The smallest absolute Gasteiger partial charge is 0.338 e. The summed E-state index contributed by atoms with van der Waals surface area (Å²) in [4.78, 5) is 23.3. The quantitative estimate of drug-likeness (QED) is 0.624. The van der Waals surface area contributed by atoms with Gasteiger partial charge in [-0.05, 0) is 31.0 Å². The highest BCUT2D eigenvalue weighted by molar-refractivity contribution is 5.98. The van der Waals surface area contributed by atoms with Crippen molar-refractivity contribution in [2.24, 2.45) is 5.73 Å². The first kappa shape index (κ1) is 14.9. The summed E-state index contributed by atoms with van der Waals surface area (Å²) in [5.74, 6) is -0.756. The maximum Gasteiger partial charge on any atom is 0.338 e. The lowest BCUT2D eigenvalue weighted by molar-refractivity contribution is -0.117. The van der Waals surface area contributed by atoms with Gasteiger partial charge in [-0.2, -0.15) is 0 Å². The first-order chi connectivity index (χ1) is 9.01. The van der Waals surface area contributed by atoms with Crippen LogP contribution < -0.4 is 11.1 Å². The predicted octanol–water partition coefficient (Wildman–Crippen LogP) is 1.62. The van der Waals surface area contributed by atoms with Gasteiger partial charge in [-0.3, -0.25) is 4.79 Å². The third kappa shape index (κ3) is 3.66. The Bertz CT molecular complexity index is 497. The number of benzene rings is 1. The molecule has 0 bridgehead atoms. The van der Waals surface area contributed by atoms with Crippen molar-refractivity contribution in [1.82, 2.24) is 0 Å². The zero-order chi connectivity index (χ0) is 14.4. The minimum Gasteiger partial charge on any atom is -0.465 e. The van der Waals surface area contributed by atoms with E-state index in [-0.39, 0.29) is 5.91 Å². The molecule has 0 aliphatic carbocycles. The van der Waals surface area contributed by atoms with E-state index in [4.69, 9.17) is 5.73 Å². The van der Waals surface area contributed by atoms with E-state index in [1.54, 1.807) is 31.2 Å². The first-order valence-corrected chi connectivity index (χ1v) is 5.86. The lowest BCUT2D eigenvalue weighted by atomic mass is 10.1. The molecule has 1 rings (SSSR count). The Morgan fingerprint density at radius 3 is 2.79 bits per heavy atom. The fourth-order valence-corrected chi connectivity index (χ4v) is 1.61. The lowest BCUT2D eigenvalue weighted by Crippen LogP contribution is -2.35.